The molecule has 0 aliphatic heterocycles. The van der Waals surface area contributed by atoms with Crippen molar-refractivity contribution in [2.24, 2.45) is 0 Å². The maximum atomic E-state index is 11.1. The topological polar surface area (TPSA) is 59.4 Å². The Morgan fingerprint density at radius 3 is 2.24 bits per heavy atom. The van der Waals surface area contributed by atoms with Crippen LogP contribution in [0.4, 0.5) is 0 Å². The molecule has 0 atom stereocenters. The lowest BCUT2D eigenvalue weighted by atomic mass is 9.86. The van der Waals surface area contributed by atoms with Gasteiger partial charge in [-0.1, -0.05) is 45.0 Å². The Hall–Kier alpha value is -2.36. The van der Waals surface area contributed by atoms with Crippen molar-refractivity contribution in [1.29, 1.82) is 0 Å². The Balaban J connectivity index is 2.46. The van der Waals surface area contributed by atoms with Crippen molar-refractivity contribution in [3.63, 3.8) is 0 Å². The van der Waals surface area contributed by atoms with E-state index in [0.717, 1.165) is 5.56 Å². The van der Waals surface area contributed by atoms with Gasteiger partial charge in [-0.15, -0.1) is 0 Å². The van der Waals surface area contributed by atoms with Crippen molar-refractivity contribution in [3.05, 3.63) is 47.7 Å². The van der Waals surface area contributed by atoms with Gasteiger partial charge < -0.3 is 9.84 Å². The van der Waals surface area contributed by atoms with Crippen molar-refractivity contribution in [2.75, 3.05) is 7.11 Å². The van der Waals surface area contributed by atoms with Crippen LogP contribution in [0.3, 0.4) is 0 Å². The van der Waals surface area contributed by atoms with Gasteiger partial charge in [-0.25, -0.2) is 9.78 Å². The number of carbonyl (C=O) groups is 1. The molecule has 2 aromatic rings. The number of aromatic carboxylic acids is 1. The second-order valence-electron chi connectivity index (χ2n) is 5.91. The van der Waals surface area contributed by atoms with E-state index in [2.05, 4.69) is 25.8 Å². The maximum absolute atomic E-state index is 11.1. The van der Waals surface area contributed by atoms with Crippen molar-refractivity contribution < 1.29 is 14.6 Å². The third-order valence-corrected chi connectivity index (χ3v) is 3.30. The minimum absolute atomic E-state index is 0.0238. The molecule has 0 saturated heterocycles. The van der Waals surface area contributed by atoms with E-state index in [1.54, 1.807) is 6.07 Å². The summed E-state index contributed by atoms with van der Waals surface area (Å²) in [5.74, 6) is -0.584. The average molecular weight is 285 g/mol. The van der Waals surface area contributed by atoms with Crippen molar-refractivity contribution in [1.82, 2.24) is 4.98 Å². The predicted octanol–water partition coefficient (Wildman–Crippen LogP) is 3.75. The first-order valence-corrected chi connectivity index (χ1v) is 6.71. The zero-order valence-corrected chi connectivity index (χ0v) is 12.7. The SMILES string of the molecule is COc1cc(C(=O)O)nc(-c2ccc(C(C)(C)C)cc2)c1. The number of carboxylic acid groups (broad SMARTS) is 1. The molecule has 0 spiro atoms. The van der Waals surface area contributed by atoms with E-state index < -0.39 is 5.97 Å². The van der Waals surface area contributed by atoms with Gasteiger partial charge in [-0.05, 0) is 11.0 Å². The number of hydrogen-bond donors (Lipinski definition) is 1. The fraction of sp³-hybridized carbons (Fsp3) is 0.294. The summed E-state index contributed by atoms with van der Waals surface area (Å²) in [6, 6.07) is 11.1. The van der Waals surface area contributed by atoms with E-state index in [0.29, 0.717) is 11.4 Å². The fourth-order valence-electron chi connectivity index (χ4n) is 2.02. The molecule has 0 amide bonds. The van der Waals surface area contributed by atoms with Crippen LogP contribution in [-0.4, -0.2) is 23.2 Å². The van der Waals surface area contributed by atoms with E-state index in [4.69, 9.17) is 9.84 Å². The molecule has 1 heterocycles. The summed E-state index contributed by atoms with van der Waals surface area (Å²) in [5, 5.41) is 9.11. The second kappa shape index (κ2) is 5.56. The van der Waals surface area contributed by atoms with Gasteiger partial charge in [0.25, 0.3) is 0 Å². The highest BCUT2D eigenvalue weighted by atomic mass is 16.5. The van der Waals surface area contributed by atoms with Crippen LogP contribution in [0, 0.1) is 0 Å². The van der Waals surface area contributed by atoms with Crippen LogP contribution in [0.1, 0.15) is 36.8 Å². The van der Waals surface area contributed by atoms with Gasteiger partial charge in [0, 0.05) is 17.7 Å². The first-order valence-electron chi connectivity index (χ1n) is 6.71. The zero-order chi connectivity index (χ0) is 15.6. The molecule has 4 heteroatoms. The number of nitrogens with zero attached hydrogens (tertiary/aromatic N) is 1. The van der Waals surface area contributed by atoms with E-state index in [9.17, 15) is 4.79 Å². The maximum Gasteiger partial charge on any atom is 0.354 e. The Bertz CT molecular complexity index is 655. The molecule has 1 aromatic carbocycles. The molecule has 0 bridgehead atoms. The third kappa shape index (κ3) is 3.40. The number of hydrogen-bond acceptors (Lipinski definition) is 3. The average Bonchev–Trinajstić information content (AvgIpc) is 2.46. The number of methoxy groups -OCH3 is 1. The molecule has 0 aliphatic carbocycles. The summed E-state index contributed by atoms with van der Waals surface area (Å²) in [5.41, 5.74) is 2.72. The highest BCUT2D eigenvalue weighted by molar-refractivity contribution is 5.86. The van der Waals surface area contributed by atoms with Gasteiger partial charge in [0.1, 0.15) is 5.75 Å². The fourth-order valence-corrected chi connectivity index (χ4v) is 2.02. The minimum Gasteiger partial charge on any atom is -0.497 e. The lowest BCUT2D eigenvalue weighted by molar-refractivity contribution is 0.0690. The summed E-state index contributed by atoms with van der Waals surface area (Å²) in [6.45, 7) is 6.44. The molecule has 1 aromatic heterocycles. The van der Waals surface area contributed by atoms with Gasteiger partial charge in [0.2, 0.25) is 0 Å². The van der Waals surface area contributed by atoms with Crippen molar-refractivity contribution >= 4 is 5.97 Å². The number of benzene rings is 1. The van der Waals surface area contributed by atoms with Crippen LogP contribution in [-0.2, 0) is 5.41 Å². The summed E-state index contributed by atoms with van der Waals surface area (Å²) in [6.07, 6.45) is 0. The zero-order valence-electron chi connectivity index (χ0n) is 12.7. The molecule has 0 unspecified atom stereocenters. The normalized spacial score (nSPS) is 11.2. The van der Waals surface area contributed by atoms with E-state index in [1.165, 1.54) is 18.7 Å². The smallest absolute Gasteiger partial charge is 0.354 e. The molecule has 0 aliphatic rings. The van der Waals surface area contributed by atoms with Gasteiger partial charge >= 0.3 is 5.97 Å². The van der Waals surface area contributed by atoms with Crippen LogP contribution < -0.4 is 4.74 Å². The number of rotatable bonds is 3. The summed E-state index contributed by atoms with van der Waals surface area (Å²) in [7, 11) is 1.51. The molecule has 110 valence electrons. The number of aromatic nitrogens is 1. The van der Waals surface area contributed by atoms with Gasteiger partial charge in [0.15, 0.2) is 5.69 Å². The lowest BCUT2D eigenvalue weighted by Gasteiger charge is -2.19. The summed E-state index contributed by atoms with van der Waals surface area (Å²) >= 11 is 0. The molecule has 0 saturated carbocycles. The van der Waals surface area contributed by atoms with Crippen molar-refractivity contribution in [3.8, 4) is 17.0 Å². The van der Waals surface area contributed by atoms with Crippen LogP contribution in [0.2, 0.25) is 0 Å². The van der Waals surface area contributed by atoms with Crippen LogP contribution in [0.15, 0.2) is 36.4 Å². The molecule has 0 fully saturated rings. The van der Waals surface area contributed by atoms with E-state index in [1.807, 2.05) is 24.3 Å². The molecule has 4 nitrogen and oxygen atoms in total. The summed E-state index contributed by atoms with van der Waals surface area (Å²) in [4.78, 5) is 15.3. The molecule has 2 rings (SSSR count). The molecule has 21 heavy (non-hydrogen) atoms. The second-order valence-corrected chi connectivity index (χ2v) is 5.91. The molecular weight excluding hydrogens is 266 g/mol. The quantitative estimate of drug-likeness (QED) is 0.933. The number of pyridine rings is 1. The van der Waals surface area contributed by atoms with Crippen LogP contribution in [0.25, 0.3) is 11.3 Å². The molecule has 0 radical (unpaired) electrons. The van der Waals surface area contributed by atoms with E-state index in [-0.39, 0.29) is 11.1 Å². The number of ether oxygens (including phenoxy) is 1. The van der Waals surface area contributed by atoms with Gasteiger partial charge in [-0.3, -0.25) is 0 Å². The van der Waals surface area contributed by atoms with Gasteiger partial charge in [0.05, 0.1) is 12.8 Å². The first kappa shape index (κ1) is 15.0. The monoisotopic (exact) mass is 285 g/mol. The molecular formula is C17H19NO3. The van der Waals surface area contributed by atoms with Crippen molar-refractivity contribution in [2.45, 2.75) is 26.2 Å². The largest absolute Gasteiger partial charge is 0.497 e. The van der Waals surface area contributed by atoms with Crippen LogP contribution in [0.5, 0.6) is 5.75 Å². The minimum atomic E-state index is -1.07. The predicted molar refractivity (Wildman–Crippen MR) is 81.9 cm³/mol. The first-order chi connectivity index (χ1) is 9.81. The Kier molecular flexibility index (Phi) is 3.98. The van der Waals surface area contributed by atoms with Crippen LogP contribution >= 0.6 is 0 Å². The van der Waals surface area contributed by atoms with Gasteiger partial charge in [-0.2, -0.15) is 0 Å². The Morgan fingerprint density at radius 1 is 1.14 bits per heavy atom. The number of carboxylic acids is 1. The standard InChI is InChI=1S/C17H19NO3/c1-17(2,3)12-7-5-11(6-8-12)14-9-13(21-4)10-15(18-14)16(19)20/h5-10H,1-4H3,(H,19,20). The Morgan fingerprint density at radius 2 is 1.76 bits per heavy atom. The molecule has 1 N–H and O–H groups in total. The lowest BCUT2D eigenvalue weighted by Crippen LogP contribution is -2.10. The third-order valence-electron chi connectivity index (χ3n) is 3.30. The highest BCUT2D eigenvalue weighted by Crippen LogP contribution is 2.27. The van der Waals surface area contributed by atoms with E-state index >= 15 is 0 Å². The Labute approximate surface area is 124 Å². The summed E-state index contributed by atoms with van der Waals surface area (Å²) < 4.78 is 5.14. The highest BCUT2D eigenvalue weighted by Gasteiger charge is 2.14.